The molecule has 1 aromatic carbocycles. The van der Waals surface area contributed by atoms with Gasteiger partial charge in [0.2, 0.25) is 0 Å². The lowest BCUT2D eigenvalue weighted by atomic mass is 9.98. The maximum absolute atomic E-state index is 12.5. The Bertz CT molecular complexity index is 706. The Labute approximate surface area is 125 Å². The number of benzene rings is 1. The summed E-state index contributed by atoms with van der Waals surface area (Å²) >= 11 is 1.54. The van der Waals surface area contributed by atoms with Gasteiger partial charge in [0.15, 0.2) is 0 Å². The molecule has 1 fully saturated rings. The maximum Gasteiger partial charge on any atom is 0.330 e. The number of aliphatic carboxylic acids is 1. The monoisotopic (exact) mass is 302 g/mol. The molecule has 1 saturated heterocycles. The molecule has 21 heavy (non-hydrogen) atoms. The molecule has 1 unspecified atom stereocenters. The minimum absolute atomic E-state index is 0.385. The van der Waals surface area contributed by atoms with Gasteiger partial charge in [0.1, 0.15) is 5.54 Å². The minimum Gasteiger partial charge on any atom is -0.479 e. The van der Waals surface area contributed by atoms with E-state index in [4.69, 9.17) is 0 Å². The smallest absolute Gasteiger partial charge is 0.330 e. The molecule has 2 N–H and O–H groups in total. The first-order chi connectivity index (χ1) is 10.1. The van der Waals surface area contributed by atoms with Gasteiger partial charge in [-0.05, 0) is 24.3 Å². The first-order valence-electron chi connectivity index (χ1n) is 6.60. The Morgan fingerprint density at radius 3 is 2.81 bits per heavy atom. The average Bonchev–Trinajstić information content (AvgIpc) is 2.96. The number of thioether (sulfide) groups is 1. The zero-order valence-electron chi connectivity index (χ0n) is 11.2. The third-order valence-corrected chi connectivity index (χ3v) is 4.85. The quantitative estimate of drug-likeness (QED) is 0.905. The van der Waals surface area contributed by atoms with E-state index in [2.05, 4.69) is 10.3 Å². The molecule has 5 nitrogen and oxygen atoms in total. The van der Waals surface area contributed by atoms with Crippen LogP contribution >= 0.6 is 11.8 Å². The van der Waals surface area contributed by atoms with E-state index in [0.717, 1.165) is 11.1 Å². The summed E-state index contributed by atoms with van der Waals surface area (Å²) in [5.74, 6) is -0.231. The first kappa shape index (κ1) is 13.9. The molecule has 1 aliphatic rings. The van der Waals surface area contributed by atoms with Crippen molar-refractivity contribution < 1.29 is 14.7 Å². The number of hydrogen-bond acceptors (Lipinski definition) is 4. The molecule has 0 saturated carbocycles. The standard InChI is InChI=1S/C15H14N2O3S/c18-13(17-15(14(19)20)6-8-21-9-15)11-5-1-3-10-4-2-7-16-12(10)11/h1-5,7H,6,8-9H2,(H,17,18)(H,19,20). The molecule has 2 heterocycles. The zero-order chi connectivity index (χ0) is 14.9. The lowest BCUT2D eigenvalue weighted by Gasteiger charge is -2.24. The number of carbonyl (C=O) groups excluding carboxylic acids is 1. The fourth-order valence-electron chi connectivity index (χ4n) is 2.46. The minimum atomic E-state index is -1.17. The second-order valence-corrected chi connectivity index (χ2v) is 6.13. The van der Waals surface area contributed by atoms with Crippen molar-refractivity contribution >= 4 is 34.5 Å². The van der Waals surface area contributed by atoms with Crippen LogP contribution < -0.4 is 5.32 Å². The predicted octanol–water partition coefficient (Wildman–Crippen LogP) is 1.92. The summed E-state index contributed by atoms with van der Waals surface area (Å²) in [6, 6.07) is 8.99. The highest BCUT2D eigenvalue weighted by molar-refractivity contribution is 7.99. The highest BCUT2D eigenvalue weighted by Gasteiger charge is 2.43. The summed E-state index contributed by atoms with van der Waals surface area (Å²) in [4.78, 5) is 28.2. The summed E-state index contributed by atoms with van der Waals surface area (Å²) in [5.41, 5.74) is -0.173. The Hall–Kier alpha value is -2.08. The first-order valence-corrected chi connectivity index (χ1v) is 7.75. The van der Waals surface area contributed by atoms with Crippen LogP contribution in [-0.4, -0.2) is 39.0 Å². The van der Waals surface area contributed by atoms with Crippen LogP contribution in [0.15, 0.2) is 36.5 Å². The van der Waals surface area contributed by atoms with E-state index < -0.39 is 11.5 Å². The van der Waals surface area contributed by atoms with Crippen LogP contribution in [-0.2, 0) is 4.79 Å². The summed E-state index contributed by atoms with van der Waals surface area (Å²) in [5, 5.41) is 13.0. The van der Waals surface area contributed by atoms with Gasteiger partial charge in [0, 0.05) is 17.3 Å². The number of para-hydroxylation sites is 1. The number of nitrogens with zero attached hydrogens (tertiary/aromatic N) is 1. The number of carbonyl (C=O) groups is 2. The molecule has 1 atom stereocenters. The Kier molecular flexibility index (Phi) is 3.55. The number of carboxylic acids is 1. The van der Waals surface area contributed by atoms with Crippen molar-refractivity contribution in [3.8, 4) is 0 Å². The molecule has 1 aromatic heterocycles. The molecular weight excluding hydrogens is 288 g/mol. The fraction of sp³-hybridized carbons (Fsp3) is 0.267. The normalized spacial score (nSPS) is 21.3. The van der Waals surface area contributed by atoms with Crippen molar-refractivity contribution in [2.24, 2.45) is 0 Å². The molecule has 0 spiro atoms. The van der Waals surface area contributed by atoms with Crippen molar-refractivity contribution in [2.45, 2.75) is 12.0 Å². The van der Waals surface area contributed by atoms with Crippen LogP contribution in [0.4, 0.5) is 0 Å². The number of nitrogens with one attached hydrogen (secondary N) is 1. The second-order valence-electron chi connectivity index (χ2n) is 5.02. The number of aromatic nitrogens is 1. The molecular formula is C15H14N2O3S. The zero-order valence-corrected chi connectivity index (χ0v) is 12.0. The lowest BCUT2D eigenvalue weighted by Crippen LogP contribution is -2.54. The largest absolute Gasteiger partial charge is 0.479 e. The van der Waals surface area contributed by atoms with Gasteiger partial charge in [-0.15, -0.1) is 0 Å². The molecule has 1 aliphatic heterocycles. The third-order valence-electron chi connectivity index (χ3n) is 3.66. The fourth-order valence-corrected chi connectivity index (χ4v) is 3.78. The number of amides is 1. The number of rotatable bonds is 3. The number of carboxylic acid groups (broad SMARTS) is 1. The van der Waals surface area contributed by atoms with Crippen molar-refractivity contribution in [3.05, 3.63) is 42.1 Å². The molecule has 0 radical (unpaired) electrons. The topological polar surface area (TPSA) is 79.3 Å². The van der Waals surface area contributed by atoms with E-state index in [1.165, 1.54) is 11.8 Å². The molecule has 6 heteroatoms. The van der Waals surface area contributed by atoms with Gasteiger partial charge in [-0.1, -0.05) is 18.2 Å². The van der Waals surface area contributed by atoms with Gasteiger partial charge in [-0.25, -0.2) is 4.79 Å². The average molecular weight is 302 g/mol. The highest BCUT2D eigenvalue weighted by Crippen LogP contribution is 2.29. The Morgan fingerprint density at radius 2 is 2.10 bits per heavy atom. The Morgan fingerprint density at radius 1 is 1.29 bits per heavy atom. The van der Waals surface area contributed by atoms with Gasteiger partial charge in [0.05, 0.1) is 11.1 Å². The lowest BCUT2D eigenvalue weighted by molar-refractivity contribution is -0.143. The van der Waals surface area contributed by atoms with Crippen LogP contribution in [0, 0.1) is 0 Å². The van der Waals surface area contributed by atoms with E-state index in [0.29, 0.717) is 23.3 Å². The third kappa shape index (κ3) is 2.47. The molecule has 0 bridgehead atoms. The summed E-state index contributed by atoms with van der Waals surface area (Å²) in [6.07, 6.45) is 2.06. The van der Waals surface area contributed by atoms with E-state index in [9.17, 15) is 14.7 Å². The summed E-state index contributed by atoms with van der Waals surface area (Å²) < 4.78 is 0. The summed E-state index contributed by atoms with van der Waals surface area (Å²) in [6.45, 7) is 0. The number of pyridine rings is 1. The van der Waals surface area contributed by atoms with Crippen LogP contribution in [0.3, 0.4) is 0 Å². The van der Waals surface area contributed by atoms with Gasteiger partial charge < -0.3 is 10.4 Å². The molecule has 3 rings (SSSR count). The van der Waals surface area contributed by atoms with Gasteiger partial charge in [0.25, 0.3) is 5.91 Å². The van der Waals surface area contributed by atoms with Gasteiger partial charge >= 0.3 is 5.97 Å². The van der Waals surface area contributed by atoms with E-state index in [-0.39, 0.29) is 5.91 Å². The van der Waals surface area contributed by atoms with Crippen molar-refractivity contribution in [2.75, 3.05) is 11.5 Å². The second kappa shape index (κ2) is 5.37. The maximum atomic E-state index is 12.5. The van der Waals surface area contributed by atoms with Crippen molar-refractivity contribution in [3.63, 3.8) is 0 Å². The SMILES string of the molecule is O=C(NC1(C(=O)O)CCSC1)c1cccc2cccnc12. The summed E-state index contributed by atoms with van der Waals surface area (Å²) in [7, 11) is 0. The predicted molar refractivity (Wildman–Crippen MR) is 81.5 cm³/mol. The van der Waals surface area contributed by atoms with Crippen LogP contribution in [0.2, 0.25) is 0 Å². The number of hydrogen-bond donors (Lipinski definition) is 2. The van der Waals surface area contributed by atoms with Gasteiger partial charge in [-0.2, -0.15) is 11.8 Å². The molecule has 108 valence electrons. The van der Waals surface area contributed by atoms with Crippen LogP contribution in [0.25, 0.3) is 10.9 Å². The van der Waals surface area contributed by atoms with Crippen LogP contribution in [0.5, 0.6) is 0 Å². The molecule has 1 amide bonds. The molecule has 0 aliphatic carbocycles. The molecule has 2 aromatic rings. The van der Waals surface area contributed by atoms with Crippen molar-refractivity contribution in [1.29, 1.82) is 0 Å². The van der Waals surface area contributed by atoms with E-state index in [1.54, 1.807) is 24.4 Å². The number of fused-ring (bicyclic) bond motifs is 1. The van der Waals surface area contributed by atoms with Gasteiger partial charge in [-0.3, -0.25) is 9.78 Å². The van der Waals surface area contributed by atoms with E-state index >= 15 is 0 Å². The highest BCUT2D eigenvalue weighted by atomic mass is 32.2. The Balaban J connectivity index is 1.96. The van der Waals surface area contributed by atoms with Crippen LogP contribution in [0.1, 0.15) is 16.8 Å². The van der Waals surface area contributed by atoms with Crippen molar-refractivity contribution in [1.82, 2.24) is 10.3 Å². The van der Waals surface area contributed by atoms with E-state index in [1.807, 2.05) is 12.1 Å².